The maximum absolute atomic E-state index is 13.3. The minimum atomic E-state index is -0.285. The number of hydrogen-bond acceptors (Lipinski definition) is 3. The number of hydrogen-bond donors (Lipinski definition) is 1. The van der Waals surface area contributed by atoms with Crippen molar-refractivity contribution in [3.63, 3.8) is 0 Å². The predicted octanol–water partition coefficient (Wildman–Crippen LogP) is 3.40. The molecule has 0 spiro atoms. The van der Waals surface area contributed by atoms with Crippen LogP contribution in [0.4, 0.5) is 0 Å². The molecule has 0 aromatic heterocycles. The van der Waals surface area contributed by atoms with Crippen LogP contribution in [0.25, 0.3) is 0 Å². The first-order valence-electron chi connectivity index (χ1n) is 10.2. The van der Waals surface area contributed by atoms with Crippen LogP contribution >= 0.6 is 0 Å². The van der Waals surface area contributed by atoms with Crippen molar-refractivity contribution in [1.29, 1.82) is 0 Å². The largest absolute Gasteiger partial charge is 0.331 e. The summed E-state index contributed by atoms with van der Waals surface area (Å²) in [5.74, 6) is 0.927. The summed E-state index contributed by atoms with van der Waals surface area (Å²) in [4.78, 5) is 28.4. The topological polar surface area (TPSA) is 49.4 Å². The SMILES string of the molecule is Cc1cccc(C)c1C(=O)C1CCCN1C(=O)C1CC2CCCCC2N1. The molecule has 4 heteroatoms. The van der Waals surface area contributed by atoms with Crippen LogP contribution in [0.5, 0.6) is 0 Å². The molecule has 0 radical (unpaired) electrons. The van der Waals surface area contributed by atoms with Gasteiger partial charge in [-0.1, -0.05) is 31.0 Å². The molecule has 140 valence electrons. The molecule has 4 unspecified atom stereocenters. The molecule has 1 aliphatic carbocycles. The number of carbonyl (C=O) groups is 2. The maximum Gasteiger partial charge on any atom is 0.240 e. The van der Waals surface area contributed by atoms with Crippen LogP contribution < -0.4 is 5.32 Å². The predicted molar refractivity (Wildman–Crippen MR) is 102 cm³/mol. The molecule has 1 amide bonds. The second-order valence-electron chi connectivity index (χ2n) is 8.43. The van der Waals surface area contributed by atoms with Gasteiger partial charge in [-0.15, -0.1) is 0 Å². The molecule has 1 aromatic carbocycles. The highest BCUT2D eigenvalue weighted by Gasteiger charge is 2.43. The number of Topliss-reactive ketones (excluding diaryl/α,β-unsaturated/α-hetero) is 1. The summed E-state index contributed by atoms with van der Waals surface area (Å²) in [6.45, 7) is 4.70. The van der Waals surface area contributed by atoms with E-state index in [-0.39, 0.29) is 23.8 Å². The van der Waals surface area contributed by atoms with Gasteiger partial charge in [0.05, 0.1) is 12.1 Å². The molecule has 1 saturated carbocycles. The van der Waals surface area contributed by atoms with Gasteiger partial charge in [0.2, 0.25) is 5.91 Å². The van der Waals surface area contributed by atoms with Crippen molar-refractivity contribution >= 4 is 11.7 Å². The summed E-state index contributed by atoms with van der Waals surface area (Å²) in [5, 5.41) is 3.59. The third-order valence-corrected chi connectivity index (χ3v) is 6.73. The summed E-state index contributed by atoms with van der Waals surface area (Å²) in [6.07, 6.45) is 7.66. The van der Waals surface area contributed by atoms with Crippen LogP contribution in [0.15, 0.2) is 18.2 Å². The fourth-order valence-electron chi connectivity index (χ4n) is 5.38. The van der Waals surface area contributed by atoms with Gasteiger partial charge >= 0.3 is 0 Å². The van der Waals surface area contributed by atoms with Crippen LogP contribution in [0.3, 0.4) is 0 Å². The van der Waals surface area contributed by atoms with Gasteiger partial charge in [-0.2, -0.15) is 0 Å². The first kappa shape index (κ1) is 17.7. The molecule has 2 aliphatic heterocycles. The molecule has 3 aliphatic rings. The Morgan fingerprint density at radius 1 is 1.04 bits per heavy atom. The fourth-order valence-corrected chi connectivity index (χ4v) is 5.38. The van der Waals surface area contributed by atoms with Gasteiger partial charge in [0, 0.05) is 18.2 Å². The molecule has 1 N–H and O–H groups in total. The summed E-state index contributed by atoms with van der Waals surface area (Å²) in [7, 11) is 0. The van der Waals surface area contributed by atoms with Crippen molar-refractivity contribution < 1.29 is 9.59 Å². The van der Waals surface area contributed by atoms with Crippen LogP contribution in [0.1, 0.15) is 66.4 Å². The molecule has 4 atom stereocenters. The number of fused-ring (bicyclic) bond motifs is 1. The Morgan fingerprint density at radius 3 is 2.50 bits per heavy atom. The Bertz CT molecular complexity index is 680. The average Bonchev–Trinajstić information content (AvgIpc) is 3.27. The number of amides is 1. The van der Waals surface area contributed by atoms with E-state index in [2.05, 4.69) is 5.32 Å². The lowest BCUT2D eigenvalue weighted by Gasteiger charge is -2.28. The summed E-state index contributed by atoms with van der Waals surface area (Å²) < 4.78 is 0. The summed E-state index contributed by atoms with van der Waals surface area (Å²) >= 11 is 0. The lowest BCUT2D eigenvalue weighted by Crippen LogP contribution is -2.49. The van der Waals surface area contributed by atoms with Gasteiger partial charge in [-0.3, -0.25) is 9.59 Å². The summed E-state index contributed by atoms with van der Waals surface area (Å²) in [6, 6.07) is 6.10. The molecule has 4 nitrogen and oxygen atoms in total. The van der Waals surface area contributed by atoms with E-state index in [0.29, 0.717) is 18.5 Å². The summed E-state index contributed by atoms with van der Waals surface area (Å²) in [5.41, 5.74) is 2.84. The number of benzene rings is 1. The molecular formula is C22H30N2O2. The van der Waals surface area contributed by atoms with E-state index < -0.39 is 0 Å². The molecule has 26 heavy (non-hydrogen) atoms. The van der Waals surface area contributed by atoms with Gasteiger partial charge in [0.25, 0.3) is 0 Å². The van der Waals surface area contributed by atoms with Crippen molar-refractivity contribution in [2.75, 3.05) is 6.54 Å². The van der Waals surface area contributed by atoms with Crippen LogP contribution in [0.2, 0.25) is 0 Å². The first-order valence-corrected chi connectivity index (χ1v) is 10.2. The zero-order valence-corrected chi connectivity index (χ0v) is 16.0. The fraction of sp³-hybridized carbons (Fsp3) is 0.636. The Balaban J connectivity index is 1.51. The van der Waals surface area contributed by atoms with Crippen LogP contribution in [-0.4, -0.2) is 41.3 Å². The zero-order chi connectivity index (χ0) is 18.3. The normalized spacial score (nSPS) is 31.1. The van der Waals surface area contributed by atoms with Gasteiger partial charge in [-0.25, -0.2) is 0 Å². The molecule has 4 rings (SSSR count). The highest BCUT2D eigenvalue weighted by atomic mass is 16.2. The van der Waals surface area contributed by atoms with E-state index >= 15 is 0 Å². The Morgan fingerprint density at radius 2 is 1.77 bits per heavy atom. The van der Waals surface area contributed by atoms with Crippen molar-refractivity contribution in [2.24, 2.45) is 5.92 Å². The monoisotopic (exact) mass is 354 g/mol. The Kier molecular flexibility index (Phi) is 4.87. The number of likely N-dealkylation sites (tertiary alicyclic amines) is 1. The smallest absolute Gasteiger partial charge is 0.240 e. The second kappa shape index (κ2) is 7.15. The van der Waals surface area contributed by atoms with Gasteiger partial charge in [-0.05, 0) is 63.0 Å². The third-order valence-electron chi connectivity index (χ3n) is 6.73. The van der Waals surface area contributed by atoms with Crippen LogP contribution in [0, 0.1) is 19.8 Å². The highest BCUT2D eigenvalue weighted by Crippen LogP contribution is 2.35. The lowest BCUT2D eigenvalue weighted by atomic mass is 9.85. The number of carbonyl (C=O) groups excluding carboxylic acids is 2. The van der Waals surface area contributed by atoms with Gasteiger partial charge < -0.3 is 10.2 Å². The second-order valence-corrected chi connectivity index (χ2v) is 8.43. The standard InChI is InChI=1S/C22H30N2O2/c1-14-7-5-8-15(2)20(14)21(25)19-11-6-12-24(19)22(26)18-13-16-9-3-4-10-17(16)23-18/h5,7-8,16-19,23H,3-4,6,9-13H2,1-2H3. The minimum Gasteiger partial charge on any atom is -0.331 e. The van der Waals surface area contributed by atoms with Crippen molar-refractivity contribution in [3.8, 4) is 0 Å². The number of ketones is 1. The van der Waals surface area contributed by atoms with Gasteiger partial charge in [0.1, 0.15) is 0 Å². The lowest BCUT2D eigenvalue weighted by molar-refractivity contribution is -0.133. The van der Waals surface area contributed by atoms with Crippen molar-refractivity contribution in [1.82, 2.24) is 10.2 Å². The molecular weight excluding hydrogens is 324 g/mol. The maximum atomic E-state index is 13.3. The van der Waals surface area contributed by atoms with E-state index in [4.69, 9.17) is 0 Å². The van der Waals surface area contributed by atoms with Crippen molar-refractivity contribution in [2.45, 2.75) is 76.9 Å². The Hall–Kier alpha value is -1.68. The van der Waals surface area contributed by atoms with E-state index in [1.165, 1.54) is 25.7 Å². The molecule has 0 bridgehead atoms. The zero-order valence-electron chi connectivity index (χ0n) is 16.0. The van der Waals surface area contributed by atoms with E-state index in [9.17, 15) is 9.59 Å². The molecule has 3 fully saturated rings. The number of rotatable bonds is 3. The third kappa shape index (κ3) is 3.09. The number of nitrogens with one attached hydrogen (secondary N) is 1. The van der Waals surface area contributed by atoms with Gasteiger partial charge in [0.15, 0.2) is 5.78 Å². The Labute approximate surface area is 156 Å². The van der Waals surface area contributed by atoms with Crippen molar-refractivity contribution in [3.05, 3.63) is 34.9 Å². The molecule has 1 aromatic rings. The number of nitrogens with zero attached hydrogens (tertiary/aromatic N) is 1. The van der Waals surface area contributed by atoms with Crippen LogP contribution in [-0.2, 0) is 4.79 Å². The highest BCUT2D eigenvalue weighted by molar-refractivity contribution is 6.04. The number of aryl methyl sites for hydroxylation is 2. The quantitative estimate of drug-likeness (QED) is 0.847. The van der Waals surface area contributed by atoms with E-state index in [0.717, 1.165) is 36.0 Å². The molecule has 2 saturated heterocycles. The average molecular weight is 354 g/mol. The first-order chi connectivity index (χ1) is 12.6. The minimum absolute atomic E-state index is 0.0885. The molecule has 2 heterocycles. The van der Waals surface area contributed by atoms with E-state index in [1.54, 1.807) is 0 Å². The van der Waals surface area contributed by atoms with E-state index in [1.807, 2.05) is 36.9 Å².